The van der Waals surface area contributed by atoms with Crippen molar-refractivity contribution in [3.05, 3.63) is 65.7 Å². The highest BCUT2D eigenvalue weighted by atomic mass is 19.1. The van der Waals surface area contributed by atoms with Crippen LogP contribution < -0.4 is 10.6 Å². The number of nitrogens with one attached hydrogen (secondary N) is 2. The Morgan fingerprint density at radius 1 is 1.15 bits per heavy atom. The second-order valence-electron chi connectivity index (χ2n) is 6.12. The number of imide groups is 1. The molecule has 3 rings (SSSR count). The summed E-state index contributed by atoms with van der Waals surface area (Å²) in [5, 5.41) is 4.82. The molecule has 0 aromatic heterocycles. The number of carbonyl (C=O) groups excluding carboxylic acids is 3. The van der Waals surface area contributed by atoms with Gasteiger partial charge in [-0.2, -0.15) is 0 Å². The van der Waals surface area contributed by atoms with Crippen LogP contribution in [0.4, 0.5) is 19.3 Å². The van der Waals surface area contributed by atoms with Crippen molar-refractivity contribution in [2.45, 2.75) is 18.9 Å². The standard InChI is InChI=1S/C19H17F2N3O3/c1-2-19(12-6-4-3-5-7-12)17(26)24(18(27)23-19)11-16(25)22-15-10-13(20)8-9-14(15)21/h3-10H,2,11H2,1H3,(H,22,25)(H,23,27)/t19-/m0/s1. The Morgan fingerprint density at radius 2 is 1.85 bits per heavy atom. The van der Waals surface area contributed by atoms with Crippen LogP contribution in [0.15, 0.2) is 48.5 Å². The Kier molecular flexibility index (Phi) is 4.89. The molecule has 4 amide bonds. The minimum atomic E-state index is -1.26. The van der Waals surface area contributed by atoms with Crippen LogP contribution in [0, 0.1) is 11.6 Å². The minimum absolute atomic E-state index is 0.290. The second-order valence-corrected chi connectivity index (χ2v) is 6.12. The lowest BCUT2D eigenvalue weighted by atomic mass is 9.87. The van der Waals surface area contributed by atoms with Crippen LogP contribution in [-0.2, 0) is 15.1 Å². The third-order valence-corrected chi connectivity index (χ3v) is 4.48. The highest BCUT2D eigenvalue weighted by Gasteiger charge is 2.51. The van der Waals surface area contributed by atoms with Gasteiger partial charge in [-0.05, 0) is 24.1 Å². The van der Waals surface area contributed by atoms with E-state index in [1.165, 1.54) is 0 Å². The summed E-state index contributed by atoms with van der Waals surface area (Å²) in [5.74, 6) is -2.94. The normalized spacial score (nSPS) is 19.1. The van der Waals surface area contributed by atoms with Crippen molar-refractivity contribution in [1.29, 1.82) is 0 Å². The van der Waals surface area contributed by atoms with Gasteiger partial charge < -0.3 is 10.6 Å². The molecule has 27 heavy (non-hydrogen) atoms. The molecule has 1 saturated heterocycles. The lowest BCUT2D eigenvalue weighted by Gasteiger charge is -2.25. The Morgan fingerprint density at radius 3 is 2.52 bits per heavy atom. The van der Waals surface area contributed by atoms with Crippen LogP contribution in [0.1, 0.15) is 18.9 Å². The van der Waals surface area contributed by atoms with Crippen molar-refractivity contribution >= 4 is 23.5 Å². The first-order chi connectivity index (χ1) is 12.9. The van der Waals surface area contributed by atoms with Gasteiger partial charge in [0.15, 0.2) is 0 Å². The monoisotopic (exact) mass is 373 g/mol. The number of hydrogen-bond donors (Lipinski definition) is 2. The summed E-state index contributed by atoms with van der Waals surface area (Å²) >= 11 is 0. The molecule has 1 atom stereocenters. The molecule has 1 aliphatic rings. The summed E-state index contributed by atoms with van der Waals surface area (Å²) in [4.78, 5) is 38.2. The van der Waals surface area contributed by atoms with Gasteiger partial charge in [0.25, 0.3) is 5.91 Å². The van der Waals surface area contributed by atoms with E-state index in [2.05, 4.69) is 10.6 Å². The Labute approximate surface area is 154 Å². The zero-order chi connectivity index (χ0) is 19.6. The molecule has 2 aromatic rings. The van der Waals surface area contributed by atoms with Crippen LogP contribution in [0.2, 0.25) is 0 Å². The van der Waals surface area contributed by atoms with Gasteiger partial charge in [0.2, 0.25) is 5.91 Å². The number of nitrogens with zero attached hydrogens (tertiary/aromatic N) is 1. The predicted molar refractivity (Wildman–Crippen MR) is 93.6 cm³/mol. The van der Waals surface area contributed by atoms with Gasteiger partial charge in [0, 0.05) is 6.07 Å². The third kappa shape index (κ3) is 3.38. The van der Waals surface area contributed by atoms with Gasteiger partial charge in [-0.1, -0.05) is 37.3 Å². The number of anilines is 1. The molecule has 0 unspecified atom stereocenters. The van der Waals surface area contributed by atoms with Gasteiger partial charge in [-0.3, -0.25) is 14.5 Å². The van der Waals surface area contributed by atoms with Gasteiger partial charge in [0.1, 0.15) is 23.7 Å². The molecule has 140 valence electrons. The molecule has 8 heteroatoms. The van der Waals surface area contributed by atoms with Crippen LogP contribution in [-0.4, -0.2) is 29.3 Å². The van der Waals surface area contributed by atoms with E-state index in [1.807, 2.05) is 0 Å². The van der Waals surface area contributed by atoms with Crippen LogP contribution in [0.25, 0.3) is 0 Å². The fourth-order valence-corrected chi connectivity index (χ4v) is 3.06. The Balaban J connectivity index is 1.79. The highest BCUT2D eigenvalue weighted by Crippen LogP contribution is 2.32. The van der Waals surface area contributed by atoms with E-state index in [-0.39, 0.29) is 12.1 Å². The van der Waals surface area contributed by atoms with E-state index < -0.39 is 41.6 Å². The lowest BCUT2D eigenvalue weighted by Crippen LogP contribution is -2.44. The maximum atomic E-state index is 13.7. The van der Waals surface area contributed by atoms with E-state index in [9.17, 15) is 23.2 Å². The summed E-state index contributed by atoms with van der Waals surface area (Å²) < 4.78 is 26.9. The van der Waals surface area contributed by atoms with Crippen LogP contribution in [0.3, 0.4) is 0 Å². The molecular formula is C19H17F2N3O3. The van der Waals surface area contributed by atoms with Crippen molar-refractivity contribution in [2.24, 2.45) is 0 Å². The summed E-state index contributed by atoms with van der Waals surface area (Å²) in [5.41, 5.74) is -1.02. The molecule has 6 nitrogen and oxygen atoms in total. The number of halogens is 2. The van der Waals surface area contributed by atoms with Gasteiger partial charge >= 0.3 is 6.03 Å². The quantitative estimate of drug-likeness (QED) is 0.791. The lowest BCUT2D eigenvalue weighted by molar-refractivity contribution is -0.134. The molecular weight excluding hydrogens is 356 g/mol. The molecule has 0 spiro atoms. The van der Waals surface area contributed by atoms with Crippen molar-refractivity contribution in [3.8, 4) is 0 Å². The molecule has 0 bridgehead atoms. The average Bonchev–Trinajstić information content (AvgIpc) is 2.90. The zero-order valence-electron chi connectivity index (χ0n) is 14.5. The fourth-order valence-electron chi connectivity index (χ4n) is 3.06. The van der Waals surface area contributed by atoms with Gasteiger partial charge in [-0.15, -0.1) is 0 Å². The van der Waals surface area contributed by atoms with E-state index in [0.29, 0.717) is 5.56 Å². The van der Waals surface area contributed by atoms with Crippen LogP contribution >= 0.6 is 0 Å². The van der Waals surface area contributed by atoms with Crippen molar-refractivity contribution in [1.82, 2.24) is 10.2 Å². The number of rotatable bonds is 5. The molecule has 1 fully saturated rings. The topological polar surface area (TPSA) is 78.5 Å². The first-order valence-electron chi connectivity index (χ1n) is 8.32. The largest absolute Gasteiger partial charge is 0.325 e. The molecule has 0 saturated carbocycles. The van der Waals surface area contributed by atoms with Crippen molar-refractivity contribution in [3.63, 3.8) is 0 Å². The number of urea groups is 1. The predicted octanol–water partition coefficient (Wildman–Crippen LogP) is 2.76. The number of amides is 4. The maximum absolute atomic E-state index is 13.7. The van der Waals surface area contributed by atoms with Gasteiger partial charge in [0.05, 0.1) is 5.69 Å². The summed E-state index contributed by atoms with van der Waals surface area (Å²) in [6, 6.07) is 10.6. The summed E-state index contributed by atoms with van der Waals surface area (Å²) in [7, 11) is 0. The van der Waals surface area contributed by atoms with Gasteiger partial charge in [-0.25, -0.2) is 13.6 Å². The fraction of sp³-hybridized carbons (Fsp3) is 0.211. The Bertz CT molecular complexity index is 904. The molecule has 2 aromatic carbocycles. The SMILES string of the molecule is CC[C@@]1(c2ccccc2)NC(=O)N(CC(=O)Nc2cc(F)ccc2F)C1=O. The third-order valence-electron chi connectivity index (χ3n) is 4.48. The minimum Gasteiger partial charge on any atom is -0.322 e. The molecule has 2 N–H and O–H groups in total. The molecule has 1 heterocycles. The maximum Gasteiger partial charge on any atom is 0.325 e. The summed E-state index contributed by atoms with van der Waals surface area (Å²) in [6.07, 6.45) is 0.290. The molecule has 1 aliphatic heterocycles. The van der Waals surface area contributed by atoms with E-state index in [1.54, 1.807) is 37.3 Å². The van der Waals surface area contributed by atoms with Crippen LogP contribution in [0.5, 0.6) is 0 Å². The summed E-state index contributed by atoms with van der Waals surface area (Å²) in [6.45, 7) is 1.13. The first kappa shape index (κ1) is 18.5. The first-order valence-corrected chi connectivity index (χ1v) is 8.32. The Hall–Kier alpha value is -3.29. The number of hydrogen-bond acceptors (Lipinski definition) is 3. The number of benzene rings is 2. The van der Waals surface area contributed by atoms with E-state index in [4.69, 9.17) is 0 Å². The smallest absolute Gasteiger partial charge is 0.322 e. The molecule has 0 aliphatic carbocycles. The van der Waals surface area contributed by atoms with Crippen molar-refractivity contribution < 1.29 is 23.2 Å². The van der Waals surface area contributed by atoms with Crippen molar-refractivity contribution in [2.75, 3.05) is 11.9 Å². The zero-order valence-corrected chi connectivity index (χ0v) is 14.5. The average molecular weight is 373 g/mol. The van der Waals surface area contributed by atoms with E-state index >= 15 is 0 Å². The van der Waals surface area contributed by atoms with E-state index in [0.717, 1.165) is 23.1 Å². The highest BCUT2D eigenvalue weighted by molar-refractivity contribution is 6.10. The molecule has 0 radical (unpaired) electrons. The second kappa shape index (κ2) is 7.14. The number of carbonyl (C=O) groups is 3.